The van der Waals surface area contributed by atoms with Gasteiger partial charge in [0.05, 0.1) is 7.11 Å². The number of nitrogens with zero attached hydrogens (tertiary/aromatic N) is 3. The van der Waals surface area contributed by atoms with Crippen molar-refractivity contribution < 1.29 is 14.3 Å². The third kappa shape index (κ3) is 4.33. The van der Waals surface area contributed by atoms with Crippen LogP contribution in [0.5, 0.6) is 17.4 Å². The van der Waals surface area contributed by atoms with E-state index < -0.39 is 0 Å². The Kier molecular flexibility index (Phi) is 5.80. The van der Waals surface area contributed by atoms with Crippen LogP contribution < -0.4 is 26.1 Å². The van der Waals surface area contributed by atoms with E-state index in [1.165, 1.54) is 6.33 Å². The minimum absolute atomic E-state index is 0.129. The molecule has 10 heteroatoms. The zero-order valence-electron chi connectivity index (χ0n) is 16.3. The molecule has 0 atom stereocenters. The number of rotatable bonds is 6. The van der Waals surface area contributed by atoms with Gasteiger partial charge in [-0.2, -0.15) is 4.98 Å². The van der Waals surface area contributed by atoms with Crippen LogP contribution in [-0.2, 0) is 0 Å². The van der Waals surface area contributed by atoms with Crippen molar-refractivity contribution in [3.8, 4) is 17.4 Å². The number of nitrogen functional groups attached to an aromatic ring is 1. The Bertz CT molecular complexity index is 1250. The minimum Gasteiger partial charge on any atom is -0.497 e. The van der Waals surface area contributed by atoms with E-state index in [0.717, 1.165) is 9.86 Å². The smallest absolute Gasteiger partial charge is 0.269 e. The van der Waals surface area contributed by atoms with Crippen LogP contribution in [0.15, 0.2) is 65.5 Å². The molecule has 0 saturated heterocycles. The molecule has 0 spiro atoms. The third-order valence-electron chi connectivity index (χ3n) is 4.38. The third-order valence-corrected chi connectivity index (χ3v) is 5.07. The van der Waals surface area contributed by atoms with Gasteiger partial charge in [0, 0.05) is 21.6 Å². The summed E-state index contributed by atoms with van der Waals surface area (Å²) in [6.07, 6.45) is 2.95. The molecule has 0 radical (unpaired) electrons. The Balaban J connectivity index is 1.52. The topological polar surface area (TPSA) is 124 Å². The van der Waals surface area contributed by atoms with Gasteiger partial charge in [-0.15, -0.1) is 0 Å². The normalized spacial score (nSPS) is 10.5. The number of carbonyl (C=O) groups is 1. The first-order chi connectivity index (χ1) is 15.1. The van der Waals surface area contributed by atoms with Gasteiger partial charge in [-0.3, -0.25) is 20.6 Å². The molecule has 2 heterocycles. The summed E-state index contributed by atoms with van der Waals surface area (Å²) in [5, 5.41) is 0.887. The maximum atomic E-state index is 12.3. The standard InChI is InChI=1S/C21H17BrN6O3/c1-30-13-6-4-12(5-7-13)20(29)28-27-19-17(23)21(26-11-25-19)31-16-9-8-15(22)14-3-2-10-24-18(14)16/h2-11H,23H2,1H3,(H,28,29)(H,25,26,27). The summed E-state index contributed by atoms with van der Waals surface area (Å²) < 4.78 is 11.9. The van der Waals surface area contributed by atoms with Crippen LogP contribution in [0.4, 0.5) is 11.5 Å². The fraction of sp³-hybridized carbons (Fsp3) is 0.0476. The Morgan fingerprint density at radius 1 is 1.06 bits per heavy atom. The maximum Gasteiger partial charge on any atom is 0.269 e. The molecule has 2 aromatic heterocycles. The van der Waals surface area contributed by atoms with Crippen LogP contribution in [0.25, 0.3) is 10.9 Å². The highest BCUT2D eigenvalue weighted by atomic mass is 79.9. The van der Waals surface area contributed by atoms with Crippen molar-refractivity contribution in [3.05, 3.63) is 71.1 Å². The molecule has 0 bridgehead atoms. The number of hydrazine groups is 1. The van der Waals surface area contributed by atoms with Gasteiger partial charge >= 0.3 is 0 Å². The van der Waals surface area contributed by atoms with Crippen molar-refractivity contribution >= 4 is 44.2 Å². The summed E-state index contributed by atoms with van der Waals surface area (Å²) >= 11 is 3.50. The molecule has 0 aliphatic rings. The van der Waals surface area contributed by atoms with E-state index >= 15 is 0 Å². The molecule has 31 heavy (non-hydrogen) atoms. The molecule has 0 saturated carbocycles. The predicted octanol–water partition coefficient (Wildman–Crippen LogP) is 3.93. The predicted molar refractivity (Wildman–Crippen MR) is 120 cm³/mol. The molecule has 0 unspecified atom stereocenters. The Morgan fingerprint density at radius 2 is 1.87 bits per heavy atom. The maximum absolute atomic E-state index is 12.3. The van der Waals surface area contributed by atoms with Crippen LogP contribution >= 0.6 is 15.9 Å². The van der Waals surface area contributed by atoms with Crippen LogP contribution in [0, 0.1) is 0 Å². The van der Waals surface area contributed by atoms with Gasteiger partial charge in [0.2, 0.25) is 5.88 Å². The number of nitrogens with two attached hydrogens (primary N) is 1. The summed E-state index contributed by atoms with van der Waals surface area (Å²) in [5.41, 5.74) is 12.6. The molecule has 9 nitrogen and oxygen atoms in total. The highest BCUT2D eigenvalue weighted by Crippen LogP contribution is 2.35. The largest absolute Gasteiger partial charge is 0.497 e. The van der Waals surface area contributed by atoms with E-state index in [0.29, 0.717) is 22.6 Å². The van der Waals surface area contributed by atoms with Crippen molar-refractivity contribution in [2.24, 2.45) is 0 Å². The zero-order valence-corrected chi connectivity index (χ0v) is 17.9. The number of ether oxygens (including phenoxy) is 2. The monoisotopic (exact) mass is 480 g/mol. The first kappa shape index (κ1) is 20.4. The Morgan fingerprint density at radius 3 is 2.65 bits per heavy atom. The number of benzene rings is 2. The molecule has 1 amide bonds. The molecular weight excluding hydrogens is 464 g/mol. The van der Waals surface area contributed by atoms with Crippen molar-refractivity contribution in [1.82, 2.24) is 20.4 Å². The lowest BCUT2D eigenvalue weighted by Gasteiger charge is -2.13. The first-order valence-corrected chi connectivity index (χ1v) is 9.88. The molecular formula is C21H17BrN6O3. The number of amides is 1. The van der Waals surface area contributed by atoms with E-state index in [-0.39, 0.29) is 23.3 Å². The summed E-state index contributed by atoms with van der Waals surface area (Å²) in [5.74, 6) is 1.09. The summed E-state index contributed by atoms with van der Waals surface area (Å²) in [4.78, 5) is 24.9. The number of fused-ring (bicyclic) bond motifs is 1. The number of anilines is 2. The van der Waals surface area contributed by atoms with Crippen molar-refractivity contribution in [2.75, 3.05) is 18.3 Å². The lowest BCUT2D eigenvalue weighted by Crippen LogP contribution is -2.30. The van der Waals surface area contributed by atoms with E-state index in [2.05, 4.69) is 41.7 Å². The van der Waals surface area contributed by atoms with Crippen molar-refractivity contribution in [3.63, 3.8) is 0 Å². The second kappa shape index (κ2) is 8.84. The quantitative estimate of drug-likeness (QED) is 0.354. The zero-order chi connectivity index (χ0) is 21.8. The number of pyridine rings is 1. The summed E-state index contributed by atoms with van der Waals surface area (Å²) in [6.45, 7) is 0. The van der Waals surface area contributed by atoms with Crippen molar-refractivity contribution in [1.29, 1.82) is 0 Å². The summed E-state index contributed by atoms with van der Waals surface area (Å²) in [6, 6.07) is 14.0. The molecule has 2 aromatic carbocycles. The second-order valence-electron chi connectivity index (χ2n) is 6.30. The van der Waals surface area contributed by atoms with E-state index in [4.69, 9.17) is 15.2 Å². The fourth-order valence-electron chi connectivity index (χ4n) is 2.79. The van der Waals surface area contributed by atoms with Crippen LogP contribution in [0.3, 0.4) is 0 Å². The Hall–Kier alpha value is -3.92. The Labute approximate surface area is 185 Å². The van der Waals surface area contributed by atoms with E-state index in [1.54, 1.807) is 43.6 Å². The van der Waals surface area contributed by atoms with Gasteiger partial charge in [-0.25, -0.2) is 4.98 Å². The average Bonchev–Trinajstić information content (AvgIpc) is 2.81. The molecule has 4 N–H and O–H groups in total. The van der Waals surface area contributed by atoms with Gasteiger partial charge in [0.25, 0.3) is 5.91 Å². The van der Waals surface area contributed by atoms with Gasteiger partial charge in [-0.1, -0.05) is 22.0 Å². The molecule has 4 aromatic rings. The number of halogens is 1. The average molecular weight is 481 g/mol. The van der Waals surface area contributed by atoms with Crippen molar-refractivity contribution in [2.45, 2.75) is 0 Å². The summed E-state index contributed by atoms with van der Waals surface area (Å²) in [7, 11) is 1.56. The molecule has 0 aliphatic carbocycles. The van der Waals surface area contributed by atoms with Crippen LogP contribution in [0.1, 0.15) is 10.4 Å². The molecule has 156 valence electrons. The lowest BCUT2D eigenvalue weighted by molar-refractivity contribution is 0.0962. The number of nitrogens with one attached hydrogen (secondary N) is 2. The van der Waals surface area contributed by atoms with Gasteiger partial charge in [-0.05, 0) is 42.5 Å². The van der Waals surface area contributed by atoms with E-state index in [1.807, 2.05) is 18.2 Å². The molecule has 0 fully saturated rings. The number of hydrogen-bond donors (Lipinski definition) is 3. The first-order valence-electron chi connectivity index (χ1n) is 9.09. The van der Waals surface area contributed by atoms with Crippen LogP contribution in [0.2, 0.25) is 0 Å². The number of carbonyl (C=O) groups excluding carboxylic acids is 1. The number of hydrogen-bond acceptors (Lipinski definition) is 8. The van der Waals surface area contributed by atoms with Gasteiger partial charge < -0.3 is 15.2 Å². The minimum atomic E-state index is -0.369. The second-order valence-corrected chi connectivity index (χ2v) is 7.15. The van der Waals surface area contributed by atoms with Gasteiger partial charge in [0.1, 0.15) is 23.3 Å². The number of methoxy groups -OCH3 is 1. The van der Waals surface area contributed by atoms with Crippen LogP contribution in [-0.4, -0.2) is 28.0 Å². The fourth-order valence-corrected chi connectivity index (χ4v) is 3.24. The lowest BCUT2D eigenvalue weighted by atomic mass is 10.2. The SMILES string of the molecule is COc1ccc(C(=O)NNc2ncnc(Oc3ccc(Br)c4cccnc34)c2N)cc1. The molecule has 0 aliphatic heterocycles. The van der Waals surface area contributed by atoms with E-state index in [9.17, 15) is 4.79 Å². The van der Waals surface area contributed by atoms with Gasteiger partial charge in [0.15, 0.2) is 11.6 Å². The molecule has 4 rings (SSSR count). The highest BCUT2D eigenvalue weighted by Gasteiger charge is 2.14. The highest BCUT2D eigenvalue weighted by molar-refractivity contribution is 9.10. The number of aromatic nitrogens is 3.